The quantitative estimate of drug-likeness (QED) is 0.878. The van der Waals surface area contributed by atoms with Crippen molar-refractivity contribution < 1.29 is 4.79 Å². The second-order valence-corrected chi connectivity index (χ2v) is 4.54. The largest absolute Gasteiger partial charge is 0.354 e. The van der Waals surface area contributed by atoms with Crippen molar-refractivity contribution in [2.24, 2.45) is 0 Å². The molecule has 0 unspecified atom stereocenters. The minimum atomic E-state index is -0.0137. The van der Waals surface area contributed by atoms with Crippen molar-refractivity contribution in [3.8, 4) is 0 Å². The van der Waals surface area contributed by atoms with Gasteiger partial charge in [-0.3, -0.25) is 14.5 Å². The molecule has 100 valence electrons. The average molecular weight is 258 g/mol. The normalized spacial score (nSPS) is 10.4. The molecular weight excluding hydrogens is 240 g/mol. The molecule has 2 heterocycles. The van der Waals surface area contributed by atoms with Gasteiger partial charge >= 0.3 is 0 Å². The predicted molar refractivity (Wildman–Crippen MR) is 72.7 cm³/mol. The first kappa shape index (κ1) is 13.3. The molecule has 0 aliphatic rings. The molecule has 0 fully saturated rings. The van der Waals surface area contributed by atoms with Gasteiger partial charge in [-0.1, -0.05) is 0 Å². The van der Waals surface area contributed by atoms with Crippen LogP contribution >= 0.6 is 0 Å². The van der Waals surface area contributed by atoms with E-state index in [0.29, 0.717) is 6.54 Å². The van der Waals surface area contributed by atoms with Crippen LogP contribution in [0, 0.1) is 13.8 Å². The molecule has 5 nitrogen and oxygen atoms in total. The third kappa shape index (κ3) is 3.91. The van der Waals surface area contributed by atoms with Crippen LogP contribution in [0.25, 0.3) is 0 Å². The summed E-state index contributed by atoms with van der Waals surface area (Å²) in [5, 5.41) is 7.16. The Balaban J connectivity index is 1.78. The van der Waals surface area contributed by atoms with Gasteiger partial charge in [0.25, 0.3) is 0 Å². The number of carbonyl (C=O) groups is 1. The summed E-state index contributed by atoms with van der Waals surface area (Å²) in [6, 6.07) is 5.87. The van der Waals surface area contributed by atoms with Crippen LogP contribution in [0.3, 0.4) is 0 Å². The second kappa shape index (κ2) is 6.13. The lowest BCUT2D eigenvalue weighted by molar-refractivity contribution is -0.121. The van der Waals surface area contributed by atoms with E-state index in [0.717, 1.165) is 17.8 Å². The Hall–Kier alpha value is -2.17. The lowest BCUT2D eigenvalue weighted by Gasteiger charge is -2.06. The molecule has 0 bridgehead atoms. The monoisotopic (exact) mass is 258 g/mol. The molecule has 1 N–H and O–H groups in total. The number of aromatic nitrogens is 3. The van der Waals surface area contributed by atoms with Gasteiger partial charge in [-0.05, 0) is 44.0 Å². The van der Waals surface area contributed by atoms with Crippen LogP contribution < -0.4 is 5.32 Å². The van der Waals surface area contributed by atoms with Crippen molar-refractivity contribution >= 4 is 5.91 Å². The molecular formula is C14H18N4O. The SMILES string of the molecule is Cc1cc(C)n(CC(=O)NCCc2ccncc2)n1. The summed E-state index contributed by atoms with van der Waals surface area (Å²) in [6.45, 7) is 4.77. The Morgan fingerprint density at radius 3 is 2.68 bits per heavy atom. The molecule has 0 radical (unpaired) electrons. The minimum Gasteiger partial charge on any atom is -0.354 e. The molecule has 0 aromatic carbocycles. The Morgan fingerprint density at radius 2 is 2.05 bits per heavy atom. The third-order valence-electron chi connectivity index (χ3n) is 2.88. The zero-order valence-electron chi connectivity index (χ0n) is 11.3. The van der Waals surface area contributed by atoms with Gasteiger partial charge in [0.05, 0.1) is 5.69 Å². The van der Waals surface area contributed by atoms with Gasteiger partial charge in [0, 0.05) is 24.6 Å². The molecule has 0 saturated carbocycles. The highest BCUT2D eigenvalue weighted by Crippen LogP contribution is 2.01. The summed E-state index contributed by atoms with van der Waals surface area (Å²) in [4.78, 5) is 15.7. The van der Waals surface area contributed by atoms with E-state index in [1.807, 2.05) is 32.0 Å². The Morgan fingerprint density at radius 1 is 1.32 bits per heavy atom. The third-order valence-corrected chi connectivity index (χ3v) is 2.88. The van der Waals surface area contributed by atoms with E-state index < -0.39 is 0 Å². The number of carbonyl (C=O) groups excluding carboxylic acids is 1. The van der Waals surface area contributed by atoms with Gasteiger partial charge in [0.15, 0.2) is 0 Å². The average Bonchev–Trinajstić information content (AvgIpc) is 2.69. The number of rotatable bonds is 5. The molecule has 1 amide bonds. The van der Waals surface area contributed by atoms with Crippen molar-refractivity contribution in [2.45, 2.75) is 26.8 Å². The van der Waals surface area contributed by atoms with Crippen molar-refractivity contribution in [1.29, 1.82) is 0 Å². The number of nitrogens with one attached hydrogen (secondary N) is 1. The highest BCUT2D eigenvalue weighted by Gasteiger charge is 2.06. The maximum absolute atomic E-state index is 11.8. The van der Waals surface area contributed by atoms with Crippen LogP contribution in [0.1, 0.15) is 17.0 Å². The highest BCUT2D eigenvalue weighted by molar-refractivity contribution is 5.75. The van der Waals surface area contributed by atoms with Gasteiger partial charge in [-0.2, -0.15) is 5.10 Å². The molecule has 19 heavy (non-hydrogen) atoms. The molecule has 0 saturated heterocycles. The summed E-state index contributed by atoms with van der Waals surface area (Å²) < 4.78 is 1.72. The molecule has 2 aromatic heterocycles. The summed E-state index contributed by atoms with van der Waals surface area (Å²) in [6.07, 6.45) is 4.32. The second-order valence-electron chi connectivity index (χ2n) is 4.54. The molecule has 0 atom stereocenters. The van der Waals surface area contributed by atoms with Crippen LogP contribution in [0.4, 0.5) is 0 Å². The first-order valence-corrected chi connectivity index (χ1v) is 6.32. The number of amides is 1. The van der Waals surface area contributed by atoms with Crippen LogP contribution in [0.2, 0.25) is 0 Å². The van der Waals surface area contributed by atoms with Gasteiger partial charge in [0.2, 0.25) is 5.91 Å². The van der Waals surface area contributed by atoms with Crippen LogP contribution in [-0.2, 0) is 17.8 Å². The van der Waals surface area contributed by atoms with E-state index >= 15 is 0 Å². The number of aryl methyl sites for hydroxylation is 2. The number of nitrogens with zero attached hydrogens (tertiary/aromatic N) is 3. The van der Waals surface area contributed by atoms with E-state index in [-0.39, 0.29) is 12.5 Å². The molecule has 0 spiro atoms. The lowest BCUT2D eigenvalue weighted by atomic mass is 10.2. The summed E-state index contributed by atoms with van der Waals surface area (Å²) in [5.41, 5.74) is 3.10. The Labute approximate surface area is 112 Å². The van der Waals surface area contributed by atoms with Gasteiger partial charge < -0.3 is 5.32 Å². The van der Waals surface area contributed by atoms with Gasteiger partial charge in [0.1, 0.15) is 6.54 Å². The zero-order valence-corrected chi connectivity index (χ0v) is 11.3. The molecule has 5 heteroatoms. The smallest absolute Gasteiger partial charge is 0.241 e. The lowest BCUT2D eigenvalue weighted by Crippen LogP contribution is -2.30. The summed E-state index contributed by atoms with van der Waals surface area (Å²) in [5.74, 6) is -0.0137. The van der Waals surface area contributed by atoms with E-state index in [1.54, 1.807) is 17.1 Å². The summed E-state index contributed by atoms with van der Waals surface area (Å²) in [7, 11) is 0. The van der Waals surface area contributed by atoms with Crippen molar-refractivity contribution in [2.75, 3.05) is 6.54 Å². The molecule has 2 aromatic rings. The fourth-order valence-corrected chi connectivity index (χ4v) is 1.92. The van der Waals surface area contributed by atoms with E-state index in [4.69, 9.17) is 0 Å². The van der Waals surface area contributed by atoms with E-state index in [9.17, 15) is 4.79 Å². The van der Waals surface area contributed by atoms with Crippen molar-refractivity contribution in [1.82, 2.24) is 20.1 Å². The van der Waals surface area contributed by atoms with Gasteiger partial charge in [-0.25, -0.2) is 0 Å². The van der Waals surface area contributed by atoms with E-state index in [2.05, 4.69) is 15.4 Å². The maximum Gasteiger partial charge on any atom is 0.241 e. The van der Waals surface area contributed by atoms with Crippen molar-refractivity contribution in [3.63, 3.8) is 0 Å². The van der Waals surface area contributed by atoms with Crippen LogP contribution in [0.15, 0.2) is 30.6 Å². The topological polar surface area (TPSA) is 59.8 Å². The first-order valence-electron chi connectivity index (χ1n) is 6.32. The number of hydrogen-bond donors (Lipinski definition) is 1. The Bertz CT molecular complexity index is 548. The summed E-state index contributed by atoms with van der Waals surface area (Å²) >= 11 is 0. The zero-order chi connectivity index (χ0) is 13.7. The standard InChI is InChI=1S/C14H18N4O/c1-11-9-12(2)18(17-11)10-14(19)16-8-5-13-3-6-15-7-4-13/h3-4,6-7,9H,5,8,10H2,1-2H3,(H,16,19). The first-order chi connectivity index (χ1) is 9.15. The minimum absolute atomic E-state index is 0.0137. The maximum atomic E-state index is 11.8. The molecule has 2 rings (SSSR count). The van der Waals surface area contributed by atoms with E-state index in [1.165, 1.54) is 5.56 Å². The predicted octanol–water partition coefficient (Wildman–Crippen LogP) is 1.25. The fourth-order valence-electron chi connectivity index (χ4n) is 1.92. The Kier molecular flexibility index (Phi) is 4.28. The van der Waals surface area contributed by atoms with Crippen LogP contribution in [0.5, 0.6) is 0 Å². The number of hydrogen-bond acceptors (Lipinski definition) is 3. The van der Waals surface area contributed by atoms with Crippen LogP contribution in [-0.4, -0.2) is 27.2 Å². The fraction of sp³-hybridized carbons (Fsp3) is 0.357. The molecule has 0 aliphatic carbocycles. The molecule has 0 aliphatic heterocycles. The van der Waals surface area contributed by atoms with Gasteiger partial charge in [-0.15, -0.1) is 0 Å². The highest BCUT2D eigenvalue weighted by atomic mass is 16.2. The number of pyridine rings is 1. The van der Waals surface area contributed by atoms with Crippen molar-refractivity contribution in [3.05, 3.63) is 47.5 Å².